The van der Waals surface area contributed by atoms with Gasteiger partial charge in [0.2, 0.25) is 10.0 Å². The van der Waals surface area contributed by atoms with Crippen LogP contribution in [0.2, 0.25) is 0 Å². The van der Waals surface area contributed by atoms with Crippen molar-refractivity contribution in [2.24, 2.45) is 5.14 Å². The topological polar surface area (TPSA) is 153 Å². The molecule has 0 heterocycles. The van der Waals surface area contributed by atoms with E-state index in [4.69, 9.17) is 15.0 Å². The SMILES string of the molecule is COc1ccc(CC(=O)O)cc1S(=O)(=O)Nc1cccc(CS(N)(=O)=O)c1. The number of aliphatic carboxylic acids is 1. The van der Waals surface area contributed by atoms with Crippen LogP contribution in [-0.2, 0) is 37.0 Å². The lowest BCUT2D eigenvalue weighted by Crippen LogP contribution is -2.16. The van der Waals surface area contributed by atoms with Gasteiger partial charge in [0.15, 0.2) is 0 Å². The Balaban J connectivity index is 2.39. The van der Waals surface area contributed by atoms with E-state index in [0.29, 0.717) is 5.56 Å². The van der Waals surface area contributed by atoms with Gasteiger partial charge in [-0.3, -0.25) is 9.52 Å². The van der Waals surface area contributed by atoms with Gasteiger partial charge in [-0.15, -0.1) is 0 Å². The smallest absolute Gasteiger partial charge is 0.307 e. The number of hydrogen-bond acceptors (Lipinski definition) is 6. The van der Waals surface area contributed by atoms with E-state index in [2.05, 4.69) is 4.72 Å². The number of methoxy groups -OCH3 is 1. The maximum Gasteiger partial charge on any atom is 0.307 e. The average molecular weight is 414 g/mol. The third-order valence-electron chi connectivity index (χ3n) is 3.42. The van der Waals surface area contributed by atoms with Gasteiger partial charge < -0.3 is 9.84 Å². The predicted molar refractivity (Wildman–Crippen MR) is 98.4 cm³/mol. The normalized spacial score (nSPS) is 11.8. The summed E-state index contributed by atoms with van der Waals surface area (Å²) in [5.41, 5.74) is 0.720. The van der Waals surface area contributed by atoms with E-state index in [9.17, 15) is 21.6 Å². The Hall–Kier alpha value is -2.63. The quantitative estimate of drug-likeness (QED) is 0.580. The Morgan fingerprint density at radius 3 is 2.41 bits per heavy atom. The van der Waals surface area contributed by atoms with Gasteiger partial charge >= 0.3 is 5.97 Å². The molecular weight excluding hydrogens is 396 g/mol. The van der Waals surface area contributed by atoms with Crippen molar-refractivity contribution in [1.29, 1.82) is 0 Å². The van der Waals surface area contributed by atoms with Crippen LogP contribution in [0.5, 0.6) is 5.75 Å². The molecule has 4 N–H and O–H groups in total. The van der Waals surface area contributed by atoms with Crippen LogP contribution in [0.25, 0.3) is 0 Å². The van der Waals surface area contributed by atoms with Crippen molar-refractivity contribution in [2.75, 3.05) is 11.8 Å². The number of hydrogen-bond donors (Lipinski definition) is 3. The molecule has 0 saturated heterocycles. The zero-order chi connectivity index (χ0) is 20.2. The molecule has 0 fully saturated rings. The first-order valence-corrected chi connectivity index (χ1v) is 10.7. The fraction of sp³-hybridized carbons (Fsp3) is 0.188. The maximum absolute atomic E-state index is 12.7. The van der Waals surface area contributed by atoms with E-state index in [1.165, 1.54) is 49.6 Å². The number of nitrogens with one attached hydrogen (secondary N) is 1. The third-order valence-corrected chi connectivity index (χ3v) is 5.56. The summed E-state index contributed by atoms with van der Waals surface area (Å²) in [7, 11) is -6.60. The molecule has 146 valence electrons. The molecule has 0 radical (unpaired) electrons. The molecule has 0 aliphatic heterocycles. The Morgan fingerprint density at radius 2 is 1.81 bits per heavy atom. The standard InChI is InChI=1S/C16H18N2O7S2/c1-25-14-6-5-11(9-16(19)20)8-15(14)27(23,24)18-13-4-2-3-12(7-13)10-26(17,21)22/h2-8,18H,9-10H2,1H3,(H,19,20)(H2,17,21,22). The van der Waals surface area contributed by atoms with Crippen molar-refractivity contribution in [2.45, 2.75) is 17.1 Å². The summed E-state index contributed by atoms with van der Waals surface area (Å²) >= 11 is 0. The summed E-state index contributed by atoms with van der Waals surface area (Å²) < 4.78 is 55.3. The molecule has 0 amide bonds. The molecule has 0 spiro atoms. The van der Waals surface area contributed by atoms with Crippen LogP contribution in [-0.4, -0.2) is 35.0 Å². The van der Waals surface area contributed by atoms with E-state index in [0.717, 1.165) is 0 Å². The van der Waals surface area contributed by atoms with Crippen molar-refractivity contribution in [3.63, 3.8) is 0 Å². The molecule has 11 heteroatoms. The first-order valence-electron chi connectivity index (χ1n) is 7.51. The summed E-state index contributed by atoms with van der Waals surface area (Å²) in [6, 6.07) is 9.80. The Morgan fingerprint density at radius 1 is 1.11 bits per heavy atom. The number of carboxylic acids is 1. The van der Waals surface area contributed by atoms with Gasteiger partial charge in [0, 0.05) is 5.69 Å². The Kier molecular flexibility index (Phi) is 6.08. The Bertz CT molecular complexity index is 1060. The highest BCUT2D eigenvalue weighted by Gasteiger charge is 2.21. The van der Waals surface area contributed by atoms with Crippen LogP contribution in [0, 0.1) is 0 Å². The molecule has 0 saturated carbocycles. The summed E-state index contributed by atoms with van der Waals surface area (Å²) in [5.74, 6) is -1.51. The molecule has 0 aromatic heterocycles. The first-order chi connectivity index (χ1) is 12.5. The van der Waals surface area contributed by atoms with E-state index in [-0.39, 0.29) is 28.3 Å². The second kappa shape index (κ2) is 7.94. The average Bonchev–Trinajstić information content (AvgIpc) is 2.52. The van der Waals surface area contributed by atoms with Crippen LogP contribution in [0.3, 0.4) is 0 Å². The van der Waals surface area contributed by atoms with Crippen molar-refractivity contribution in [3.8, 4) is 5.75 Å². The number of nitrogens with two attached hydrogens (primary N) is 1. The van der Waals surface area contributed by atoms with Crippen LogP contribution >= 0.6 is 0 Å². The van der Waals surface area contributed by atoms with Crippen LogP contribution < -0.4 is 14.6 Å². The van der Waals surface area contributed by atoms with Gasteiger partial charge in [-0.05, 0) is 35.4 Å². The predicted octanol–water partition coefficient (Wildman–Crippen LogP) is 0.912. The van der Waals surface area contributed by atoms with Gasteiger partial charge in [0.05, 0.1) is 19.3 Å². The molecule has 0 unspecified atom stereocenters. The lowest BCUT2D eigenvalue weighted by atomic mass is 10.1. The fourth-order valence-electron chi connectivity index (χ4n) is 2.38. The van der Waals surface area contributed by atoms with E-state index >= 15 is 0 Å². The van der Waals surface area contributed by atoms with Crippen LogP contribution in [0.4, 0.5) is 5.69 Å². The summed E-state index contributed by atoms with van der Waals surface area (Å²) in [5, 5.41) is 13.9. The maximum atomic E-state index is 12.7. The lowest BCUT2D eigenvalue weighted by Gasteiger charge is -2.13. The van der Waals surface area contributed by atoms with Crippen molar-refractivity contribution < 1.29 is 31.5 Å². The van der Waals surface area contributed by atoms with E-state index < -0.39 is 31.8 Å². The van der Waals surface area contributed by atoms with Crippen LogP contribution in [0.15, 0.2) is 47.4 Å². The van der Waals surface area contributed by atoms with E-state index in [1.54, 1.807) is 0 Å². The largest absolute Gasteiger partial charge is 0.495 e. The zero-order valence-corrected chi connectivity index (χ0v) is 15.9. The highest BCUT2D eigenvalue weighted by molar-refractivity contribution is 7.92. The number of ether oxygens (including phenoxy) is 1. The molecule has 27 heavy (non-hydrogen) atoms. The lowest BCUT2D eigenvalue weighted by molar-refractivity contribution is -0.136. The minimum atomic E-state index is -4.12. The number of carbonyl (C=O) groups is 1. The molecule has 0 aliphatic rings. The minimum absolute atomic E-state index is 0.0392. The number of carboxylic acid groups (broad SMARTS) is 1. The monoisotopic (exact) mass is 414 g/mol. The van der Waals surface area contributed by atoms with Gasteiger partial charge in [0.1, 0.15) is 10.6 Å². The second-order valence-electron chi connectivity index (χ2n) is 5.67. The first kappa shape index (κ1) is 20.7. The number of primary sulfonamides is 1. The molecule has 2 rings (SSSR count). The number of anilines is 1. The zero-order valence-electron chi connectivity index (χ0n) is 14.2. The highest BCUT2D eigenvalue weighted by Crippen LogP contribution is 2.27. The van der Waals surface area contributed by atoms with Crippen molar-refractivity contribution >= 4 is 31.7 Å². The second-order valence-corrected chi connectivity index (χ2v) is 8.93. The van der Waals surface area contributed by atoms with Crippen molar-refractivity contribution in [1.82, 2.24) is 0 Å². The summed E-state index contributed by atoms with van der Waals surface area (Å²) in [6.07, 6.45) is -0.351. The third kappa shape index (κ3) is 5.94. The van der Waals surface area contributed by atoms with Crippen LogP contribution in [0.1, 0.15) is 11.1 Å². The molecule has 0 bridgehead atoms. The summed E-state index contributed by atoms with van der Waals surface area (Å²) in [4.78, 5) is 10.6. The van der Waals surface area contributed by atoms with Gasteiger partial charge in [0.25, 0.3) is 10.0 Å². The van der Waals surface area contributed by atoms with E-state index in [1.807, 2.05) is 0 Å². The van der Waals surface area contributed by atoms with Gasteiger partial charge in [-0.2, -0.15) is 0 Å². The molecule has 2 aromatic rings. The fourth-order valence-corrected chi connectivity index (χ4v) is 4.30. The number of rotatable bonds is 8. The molecule has 0 atom stereocenters. The highest BCUT2D eigenvalue weighted by atomic mass is 32.2. The molecule has 9 nitrogen and oxygen atoms in total. The Labute approximate surface area is 156 Å². The van der Waals surface area contributed by atoms with Gasteiger partial charge in [-0.25, -0.2) is 22.0 Å². The molecule has 0 aliphatic carbocycles. The minimum Gasteiger partial charge on any atom is -0.495 e. The van der Waals surface area contributed by atoms with Gasteiger partial charge in [-0.1, -0.05) is 18.2 Å². The number of benzene rings is 2. The van der Waals surface area contributed by atoms with Crippen molar-refractivity contribution in [3.05, 3.63) is 53.6 Å². The summed E-state index contributed by atoms with van der Waals surface area (Å²) in [6.45, 7) is 0. The molecular formula is C16H18N2O7S2. The number of sulfonamides is 2. The molecule has 2 aromatic carbocycles.